The zero-order chi connectivity index (χ0) is 22.6. The monoisotopic (exact) mass is 446 g/mol. The summed E-state index contributed by atoms with van der Waals surface area (Å²) in [7, 11) is 1.48. The van der Waals surface area contributed by atoms with E-state index in [0.29, 0.717) is 5.71 Å². The zero-order valence-electron chi connectivity index (χ0n) is 17.4. The lowest BCUT2D eigenvalue weighted by atomic mass is 10.2. The molecule has 0 aliphatic carbocycles. The number of aromatic nitrogens is 4. The van der Waals surface area contributed by atoms with Crippen molar-refractivity contribution >= 4 is 40.2 Å². The molecule has 1 aromatic carbocycles. The molecule has 9 nitrogen and oxygen atoms in total. The number of anilines is 1. The van der Waals surface area contributed by atoms with Crippen LogP contribution in [-0.4, -0.2) is 36.7 Å². The van der Waals surface area contributed by atoms with Crippen molar-refractivity contribution in [2.75, 3.05) is 11.6 Å². The van der Waals surface area contributed by atoms with Crippen LogP contribution in [0.4, 0.5) is 10.3 Å². The summed E-state index contributed by atoms with van der Waals surface area (Å²) in [5.41, 5.74) is -0.239. The van der Waals surface area contributed by atoms with E-state index in [4.69, 9.17) is 11.6 Å². The maximum atomic E-state index is 14.3. The lowest BCUT2D eigenvalue weighted by Crippen LogP contribution is -2.41. The van der Waals surface area contributed by atoms with Gasteiger partial charge in [-0.15, -0.1) is 0 Å². The highest BCUT2D eigenvalue weighted by atomic mass is 35.5. The standard InChI is InChI=1S/C20H20ClFN6O3/c1-10(29)8-27-19-23-17-16(28(19)12(3)11(2)24-27)18(30)26(20(31)25(17)4)9-13-14(21)6-5-7-15(13)22/h5-7,12H,8-9H2,1-4H3/t12-/m1/s1. The number of hydrogen-bond acceptors (Lipinski definition) is 6. The fourth-order valence-electron chi connectivity index (χ4n) is 3.68. The molecule has 2 aromatic heterocycles. The van der Waals surface area contributed by atoms with Gasteiger partial charge in [0.25, 0.3) is 5.56 Å². The summed E-state index contributed by atoms with van der Waals surface area (Å²) >= 11 is 6.11. The molecule has 3 heterocycles. The number of hydrogen-bond donors (Lipinski definition) is 0. The number of halogens is 2. The maximum absolute atomic E-state index is 14.3. The molecule has 0 N–H and O–H groups in total. The molecule has 0 saturated carbocycles. The topological polar surface area (TPSA) is 94.5 Å². The first kappa shape index (κ1) is 21.0. The van der Waals surface area contributed by atoms with Crippen molar-refractivity contribution < 1.29 is 9.18 Å². The smallest absolute Gasteiger partial charge is 0.298 e. The molecular formula is C20H20ClFN6O3. The number of ketones is 1. The summed E-state index contributed by atoms with van der Waals surface area (Å²) in [6.45, 7) is 4.70. The van der Waals surface area contributed by atoms with Crippen LogP contribution in [-0.2, 0) is 18.4 Å². The SMILES string of the molecule is CC(=O)CN1N=C(C)[C@@H](C)n2c1nc1c2c(=O)n(Cc2c(F)cccc2Cl)c(=O)n1C. The van der Waals surface area contributed by atoms with Gasteiger partial charge in [0.15, 0.2) is 16.9 Å². The number of carbonyl (C=O) groups is 1. The van der Waals surface area contributed by atoms with Crippen LogP contribution in [0, 0.1) is 5.82 Å². The van der Waals surface area contributed by atoms with Crippen molar-refractivity contribution in [3.63, 3.8) is 0 Å². The molecule has 162 valence electrons. The number of benzene rings is 1. The van der Waals surface area contributed by atoms with Crippen LogP contribution in [0.1, 0.15) is 32.4 Å². The van der Waals surface area contributed by atoms with Crippen LogP contribution >= 0.6 is 11.6 Å². The molecule has 4 rings (SSSR count). The lowest BCUT2D eigenvalue weighted by molar-refractivity contribution is -0.115. The van der Waals surface area contributed by atoms with Gasteiger partial charge in [0, 0.05) is 17.6 Å². The molecule has 0 saturated heterocycles. The van der Waals surface area contributed by atoms with Crippen LogP contribution in [0.15, 0.2) is 32.9 Å². The maximum Gasteiger partial charge on any atom is 0.332 e. The molecule has 0 radical (unpaired) electrons. The number of rotatable bonds is 4. The Bertz CT molecular complexity index is 1370. The lowest BCUT2D eigenvalue weighted by Gasteiger charge is -2.28. The molecule has 0 unspecified atom stereocenters. The number of imidazole rings is 1. The molecule has 0 amide bonds. The summed E-state index contributed by atoms with van der Waals surface area (Å²) in [5.74, 6) is -0.455. The number of Topliss-reactive ketones (excluding diaryl/α,β-unsaturated/α-hetero) is 1. The summed E-state index contributed by atoms with van der Waals surface area (Å²) in [4.78, 5) is 42.6. The van der Waals surface area contributed by atoms with Crippen molar-refractivity contribution in [3.8, 4) is 0 Å². The van der Waals surface area contributed by atoms with Crippen LogP contribution in [0.5, 0.6) is 0 Å². The molecule has 3 aromatic rings. The molecule has 1 aliphatic rings. The Morgan fingerprint density at radius 2 is 2.00 bits per heavy atom. The van der Waals surface area contributed by atoms with Gasteiger partial charge in [-0.2, -0.15) is 10.1 Å². The minimum Gasteiger partial charge on any atom is -0.298 e. The van der Waals surface area contributed by atoms with Gasteiger partial charge in [-0.1, -0.05) is 17.7 Å². The van der Waals surface area contributed by atoms with Gasteiger partial charge in [0.2, 0.25) is 5.95 Å². The molecule has 1 aliphatic heterocycles. The summed E-state index contributed by atoms with van der Waals surface area (Å²) < 4.78 is 18.1. The van der Waals surface area contributed by atoms with Crippen molar-refractivity contribution in [3.05, 3.63) is 55.4 Å². The number of carbonyl (C=O) groups excluding carboxylic acids is 1. The van der Waals surface area contributed by atoms with E-state index in [9.17, 15) is 18.8 Å². The largest absolute Gasteiger partial charge is 0.332 e. The van der Waals surface area contributed by atoms with E-state index in [1.165, 1.54) is 41.7 Å². The second-order valence-electron chi connectivity index (χ2n) is 7.56. The molecule has 31 heavy (non-hydrogen) atoms. The average molecular weight is 447 g/mol. The van der Waals surface area contributed by atoms with E-state index in [0.717, 1.165) is 4.57 Å². The quantitative estimate of drug-likeness (QED) is 0.611. The van der Waals surface area contributed by atoms with Crippen molar-refractivity contribution in [1.82, 2.24) is 18.7 Å². The van der Waals surface area contributed by atoms with Gasteiger partial charge < -0.3 is 0 Å². The van der Waals surface area contributed by atoms with Crippen LogP contribution in [0.2, 0.25) is 5.02 Å². The Hall–Kier alpha value is -3.27. The number of hydrazone groups is 1. The minimum atomic E-state index is -0.657. The van der Waals surface area contributed by atoms with Gasteiger partial charge in [-0.3, -0.25) is 23.3 Å². The summed E-state index contributed by atoms with van der Waals surface area (Å²) in [5, 5.41) is 5.95. The van der Waals surface area contributed by atoms with E-state index in [2.05, 4.69) is 10.1 Å². The zero-order valence-corrected chi connectivity index (χ0v) is 18.1. The highest BCUT2D eigenvalue weighted by Gasteiger charge is 2.31. The first-order valence-electron chi connectivity index (χ1n) is 9.58. The van der Waals surface area contributed by atoms with Crippen molar-refractivity contribution in [2.24, 2.45) is 12.1 Å². The Labute approximate surface area is 181 Å². The van der Waals surface area contributed by atoms with Crippen LogP contribution in [0.3, 0.4) is 0 Å². The third kappa shape index (κ3) is 3.27. The third-order valence-corrected chi connectivity index (χ3v) is 5.76. The van der Waals surface area contributed by atoms with Crippen molar-refractivity contribution in [2.45, 2.75) is 33.4 Å². The predicted molar refractivity (Wildman–Crippen MR) is 116 cm³/mol. The number of nitrogens with zero attached hydrogens (tertiary/aromatic N) is 6. The van der Waals surface area contributed by atoms with Gasteiger partial charge >= 0.3 is 5.69 Å². The number of fused-ring (bicyclic) bond motifs is 3. The van der Waals surface area contributed by atoms with E-state index in [-0.39, 0.29) is 52.6 Å². The highest BCUT2D eigenvalue weighted by molar-refractivity contribution is 6.31. The van der Waals surface area contributed by atoms with Gasteiger partial charge in [0.05, 0.1) is 18.3 Å². The van der Waals surface area contributed by atoms with Gasteiger partial charge in [-0.25, -0.2) is 14.2 Å². The highest BCUT2D eigenvalue weighted by Crippen LogP contribution is 2.29. The van der Waals surface area contributed by atoms with E-state index in [1.54, 1.807) is 11.5 Å². The fourth-order valence-corrected chi connectivity index (χ4v) is 3.90. The van der Waals surface area contributed by atoms with Gasteiger partial charge in [0.1, 0.15) is 12.4 Å². The van der Waals surface area contributed by atoms with Crippen molar-refractivity contribution in [1.29, 1.82) is 0 Å². The first-order chi connectivity index (χ1) is 14.6. The summed E-state index contributed by atoms with van der Waals surface area (Å²) in [6.07, 6.45) is 0. The van der Waals surface area contributed by atoms with E-state index >= 15 is 0 Å². The van der Waals surface area contributed by atoms with Crippen LogP contribution in [0.25, 0.3) is 11.2 Å². The fraction of sp³-hybridized carbons (Fsp3) is 0.350. The summed E-state index contributed by atoms with van der Waals surface area (Å²) in [6, 6.07) is 3.83. The van der Waals surface area contributed by atoms with E-state index < -0.39 is 17.1 Å². The molecule has 1 atom stereocenters. The normalized spacial score (nSPS) is 15.9. The second-order valence-corrected chi connectivity index (χ2v) is 7.97. The Balaban J connectivity index is 2.00. The van der Waals surface area contributed by atoms with Crippen LogP contribution < -0.4 is 16.3 Å². The Morgan fingerprint density at radius 1 is 1.29 bits per heavy atom. The van der Waals surface area contributed by atoms with Gasteiger partial charge in [-0.05, 0) is 32.9 Å². The van der Waals surface area contributed by atoms with E-state index in [1.807, 2.05) is 6.92 Å². The first-order valence-corrected chi connectivity index (χ1v) is 9.96. The number of aryl methyl sites for hydroxylation is 1. The predicted octanol–water partition coefficient (Wildman–Crippen LogP) is 2.08. The second kappa shape index (κ2) is 7.45. The molecule has 11 heteroatoms. The third-order valence-electron chi connectivity index (χ3n) is 5.41. The molecular weight excluding hydrogens is 427 g/mol. The Kier molecular flexibility index (Phi) is 5.04. The Morgan fingerprint density at radius 3 is 2.65 bits per heavy atom. The average Bonchev–Trinajstić information content (AvgIpc) is 3.10. The molecule has 0 fully saturated rings. The molecule has 0 bridgehead atoms. The molecule has 0 spiro atoms. The minimum absolute atomic E-state index is 0.0274.